The Morgan fingerprint density at radius 1 is 1.04 bits per heavy atom. The molecular weight excluding hydrogens is 354 g/mol. The quantitative estimate of drug-likeness (QED) is 0.806. The first kappa shape index (κ1) is 16.2. The van der Waals surface area contributed by atoms with Crippen LogP contribution in [0, 0.1) is 0 Å². The molecule has 2 N–H and O–H groups in total. The van der Waals surface area contributed by atoms with Crippen molar-refractivity contribution in [1.29, 1.82) is 0 Å². The van der Waals surface area contributed by atoms with Gasteiger partial charge in [-0.05, 0) is 18.5 Å². The van der Waals surface area contributed by atoms with E-state index in [1.165, 1.54) is 17.1 Å². The van der Waals surface area contributed by atoms with Crippen molar-refractivity contribution in [3.8, 4) is 10.8 Å². The summed E-state index contributed by atoms with van der Waals surface area (Å²) in [4.78, 5) is 18.7. The third kappa shape index (κ3) is 2.60. The van der Waals surface area contributed by atoms with Crippen LogP contribution in [0.15, 0.2) is 0 Å². The molecule has 0 aliphatic carbocycles. The van der Waals surface area contributed by atoms with Crippen LogP contribution in [0.1, 0.15) is 12.5 Å². The lowest BCUT2D eigenvalue weighted by Gasteiger charge is -2.35. The van der Waals surface area contributed by atoms with E-state index in [0.717, 1.165) is 44.4 Å². The molecule has 0 saturated carbocycles. The molecule has 5 rings (SSSR count). The fourth-order valence-electron chi connectivity index (χ4n) is 3.92. The average Bonchev–Trinajstić information content (AvgIpc) is 3.25. The van der Waals surface area contributed by atoms with Crippen LogP contribution in [0.5, 0.6) is 0 Å². The Labute approximate surface area is 155 Å². The van der Waals surface area contributed by atoms with Crippen LogP contribution < -0.4 is 15.5 Å². The van der Waals surface area contributed by atoms with Crippen LogP contribution in [0.2, 0.25) is 0 Å². The van der Waals surface area contributed by atoms with Crippen molar-refractivity contribution >= 4 is 29.1 Å². The van der Waals surface area contributed by atoms with Gasteiger partial charge in [-0.3, -0.25) is 0 Å². The summed E-state index contributed by atoms with van der Waals surface area (Å²) in [5.74, 6) is 2.85. The molecule has 3 aliphatic rings. The third-order valence-electron chi connectivity index (χ3n) is 5.18. The van der Waals surface area contributed by atoms with Crippen molar-refractivity contribution in [3.63, 3.8) is 0 Å². The molecule has 0 bridgehead atoms. The summed E-state index contributed by atoms with van der Waals surface area (Å²) < 4.78 is 15.4. The van der Waals surface area contributed by atoms with E-state index in [-0.39, 0.29) is 12.0 Å². The maximum Gasteiger partial charge on any atom is 0.232 e. The van der Waals surface area contributed by atoms with Gasteiger partial charge in [0.2, 0.25) is 5.95 Å². The Hall–Kier alpha value is -2.04. The van der Waals surface area contributed by atoms with E-state index in [4.69, 9.17) is 25.2 Å². The van der Waals surface area contributed by atoms with Crippen molar-refractivity contribution in [2.24, 2.45) is 0 Å². The number of hydrogen-bond acceptors (Lipinski definition) is 10. The van der Waals surface area contributed by atoms with E-state index in [1.54, 1.807) is 0 Å². The predicted octanol–water partition coefficient (Wildman–Crippen LogP) is 0.564. The van der Waals surface area contributed by atoms with Crippen molar-refractivity contribution in [1.82, 2.24) is 19.3 Å². The second-order valence-electron chi connectivity index (χ2n) is 6.87. The number of aromatic nitrogens is 4. The number of hydrogen-bond donors (Lipinski definition) is 1. The van der Waals surface area contributed by atoms with Crippen LogP contribution >= 0.6 is 11.5 Å². The summed E-state index contributed by atoms with van der Waals surface area (Å²) in [7, 11) is 0. The second kappa shape index (κ2) is 6.29. The highest BCUT2D eigenvalue weighted by Crippen LogP contribution is 2.40. The molecule has 2 aromatic heterocycles. The Balaban J connectivity index is 1.64. The monoisotopic (exact) mass is 375 g/mol. The van der Waals surface area contributed by atoms with Gasteiger partial charge in [0.1, 0.15) is 11.6 Å². The fraction of sp³-hybridized carbons (Fsp3) is 0.625. The number of morpholine rings is 2. The third-order valence-corrected chi connectivity index (χ3v) is 5.90. The number of nitrogens with two attached hydrogens (primary N) is 1. The molecule has 138 valence electrons. The highest BCUT2D eigenvalue weighted by molar-refractivity contribution is 7.09. The summed E-state index contributed by atoms with van der Waals surface area (Å²) in [6, 6.07) is 0.599. The molecule has 2 fully saturated rings. The molecule has 2 saturated heterocycles. The molecule has 5 heterocycles. The lowest BCUT2D eigenvalue weighted by atomic mass is 10.1. The van der Waals surface area contributed by atoms with Gasteiger partial charge in [-0.1, -0.05) is 0 Å². The smallest absolute Gasteiger partial charge is 0.232 e. The van der Waals surface area contributed by atoms with Gasteiger partial charge in [0, 0.05) is 25.1 Å². The van der Waals surface area contributed by atoms with Gasteiger partial charge in [0.15, 0.2) is 10.8 Å². The summed E-state index contributed by atoms with van der Waals surface area (Å²) in [6.45, 7) is 6.71. The number of ether oxygens (including phenoxy) is 2. The van der Waals surface area contributed by atoms with Crippen LogP contribution in [0.4, 0.5) is 17.6 Å². The van der Waals surface area contributed by atoms with Crippen molar-refractivity contribution in [3.05, 3.63) is 5.56 Å². The van der Waals surface area contributed by atoms with Crippen LogP contribution in [0.25, 0.3) is 10.8 Å². The largest absolute Gasteiger partial charge is 0.377 e. The summed E-state index contributed by atoms with van der Waals surface area (Å²) in [5, 5.41) is 0.657. The first-order valence-electron chi connectivity index (χ1n) is 8.90. The van der Waals surface area contributed by atoms with E-state index in [0.29, 0.717) is 30.1 Å². The van der Waals surface area contributed by atoms with E-state index in [2.05, 4.69) is 26.1 Å². The molecular formula is C16H21N7O2S. The van der Waals surface area contributed by atoms with Crippen LogP contribution in [-0.4, -0.2) is 70.9 Å². The minimum Gasteiger partial charge on any atom is -0.377 e. The maximum absolute atomic E-state index is 5.72. The number of nitrogens with zero attached hydrogens (tertiary/aromatic N) is 6. The lowest BCUT2D eigenvalue weighted by molar-refractivity contribution is 0.0967. The summed E-state index contributed by atoms with van der Waals surface area (Å²) in [6.07, 6.45) is 0.910. The van der Waals surface area contributed by atoms with Gasteiger partial charge in [0.25, 0.3) is 0 Å². The summed E-state index contributed by atoms with van der Waals surface area (Å²) in [5.41, 5.74) is 6.92. The molecule has 0 spiro atoms. The molecule has 9 nitrogen and oxygen atoms in total. The average molecular weight is 375 g/mol. The fourth-order valence-corrected chi connectivity index (χ4v) is 4.45. The van der Waals surface area contributed by atoms with Gasteiger partial charge in [-0.2, -0.15) is 9.36 Å². The normalized spacial score (nSPS) is 25.3. The number of anilines is 3. The molecule has 3 aliphatic heterocycles. The number of fused-ring (bicyclic) bond motifs is 3. The van der Waals surface area contributed by atoms with Gasteiger partial charge >= 0.3 is 0 Å². The maximum atomic E-state index is 5.72. The number of nitrogen functional groups attached to an aromatic ring is 1. The first-order valence-corrected chi connectivity index (χ1v) is 9.67. The van der Waals surface area contributed by atoms with Gasteiger partial charge < -0.3 is 25.0 Å². The molecule has 0 amide bonds. The van der Waals surface area contributed by atoms with Gasteiger partial charge in [-0.25, -0.2) is 9.97 Å². The molecule has 10 heteroatoms. The zero-order valence-electron chi connectivity index (χ0n) is 14.6. The first-order chi connectivity index (χ1) is 12.7. The second-order valence-corrected chi connectivity index (χ2v) is 7.63. The minimum atomic E-state index is 0.264. The molecule has 0 radical (unpaired) electrons. The minimum absolute atomic E-state index is 0.264. The Morgan fingerprint density at radius 3 is 2.50 bits per heavy atom. The van der Waals surface area contributed by atoms with Crippen molar-refractivity contribution in [2.45, 2.75) is 25.4 Å². The molecule has 2 aromatic rings. The lowest BCUT2D eigenvalue weighted by Crippen LogP contribution is -2.44. The zero-order chi connectivity index (χ0) is 17.7. The Bertz CT molecular complexity index is 829. The van der Waals surface area contributed by atoms with E-state index in [1.807, 2.05) is 0 Å². The highest BCUT2D eigenvalue weighted by atomic mass is 32.1. The topological polar surface area (TPSA) is 103 Å². The van der Waals surface area contributed by atoms with E-state index in [9.17, 15) is 0 Å². The molecule has 2 atom stereocenters. The van der Waals surface area contributed by atoms with Crippen LogP contribution in [-0.2, 0) is 15.9 Å². The van der Waals surface area contributed by atoms with Crippen molar-refractivity contribution in [2.75, 3.05) is 55.1 Å². The van der Waals surface area contributed by atoms with Gasteiger partial charge in [0.05, 0.1) is 38.5 Å². The zero-order valence-corrected chi connectivity index (χ0v) is 15.4. The Morgan fingerprint density at radius 2 is 1.77 bits per heavy atom. The summed E-state index contributed by atoms with van der Waals surface area (Å²) >= 11 is 1.24. The van der Waals surface area contributed by atoms with Gasteiger partial charge in [-0.15, -0.1) is 0 Å². The SMILES string of the molecule is C[C@@H]1COCCN1c1nc(-c2nc(N)ns2)nc2c1C[C@@H]1COCCN21. The predicted molar refractivity (Wildman–Crippen MR) is 98.6 cm³/mol. The van der Waals surface area contributed by atoms with Crippen LogP contribution in [0.3, 0.4) is 0 Å². The molecule has 0 unspecified atom stereocenters. The standard InChI is InChI=1S/C16H21N7O2S/c1-9-7-24-4-2-22(9)13-11-6-10-8-25-5-3-23(10)14(11)19-12(18-13)15-20-16(17)21-26-15/h9-10H,2-8H2,1H3,(H2,17,21)/t9-,10-/m1/s1. The molecule has 26 heavy (non-hydrogen) atoms. The Kier molecular flexibility index (Phi) is 3.91. The van der Waals surface area contributed by atoms with E-state index < -0.39 is 0 Å². The van der Waals surface area contributed by atoms with Crippen molar-refractivity contribution < 1.29 is 9.47 Å². The number of rotatable bonds is 2. The molecule has 0 aromatic carbocycles. The van der Waals surface area contributed by atoms with E-state index >= 15 is 0 Å². The highest BCUT2D eigenvalue weighted by Gasteiger charge is 2.38.